The van der Waals surface area contributed by atoms with E-state index in [4.69, 9.17) is 4.74 Å². The van der Waals surface area contributed by atoms with Crippen LogP contribution < -0.4 is 10.1 Å². The van der Waals surface area contributed by atoms with Gasteiger partial charge >= 0.3 is 0 Å². The molecule has 0 bridgehead atoms. The SMILES string of the molecule is CC(C)(C)CC(=O)Nc1cccc2c1OCCC2. The predicted molar refractivity (Wildman–Crippen MR) is 73.0 cm³/mol. The van der Waals surface area contributed by atoms with Gasteiger partial charge < -0.3 is 10.1 Å². The van der Waals surface area contributed by atoms with Crippen LogP contribution in [0.25, 0.3) is 0 Å². The number of nitrogens with one attached hydrogen (secondary N) is 1. The summed E-state index contributed by atoms with van der Waals surface area (Å²) in [5.74, 6) is 0.899. The lowest BCUT2D eigenvalue weighted by molar-refractivity contribution is -0.117. The number of hydrogen-bond acceptors (Lipinski definition) is 2. The number of benzene rings is 1. The highest BCUT2D eigenvalue weighted by Gasteiger charge is 2.19. The molecule has 0 aliphatic carbocycles. The quantitative estimate of drug-likeness (QED) is 0.870. The first kappa shape index (κ1) is 12.9. The van der Waals surface area contributed by atoms with Crippen LogP contribution in [0.1, 0.15) is 39.2 Å². The lowest BCUT2D eigenvalue weighted by Crippen LogP contribution is -2.21. The molecule has 0 saturated carbocycles. The Kier molecular flexibility index (Phi) is 3.60. The Labute approximate surface area is 109 Å². The van der Waals surface area contributed by atoms with Crippen molar-refractivity contribution in [3.8, 4) is 5.75 Å². The monoisotopic (exact) mass is 247 g/mol. The molecule has 2 rings (SSSR count). The number of hydrogen-bond donors (Lipinski definition) is 1. The molecule has 1 aromatic carbocycles. The maximum atomic E-state index is 11.9. The minimum absolute atomic E-state index is 0.000216. The van der Waals surface area contributed by atoms with Crippen LogP contribution in [0, 0.1) is 5.41 Å². The van der Waals surface area contributed by atoms with Gasteiger partial charge in [0.2, 0.25) is 5.91 Å². The summed E-state index contributed by atoms with van der Waals surface area (Å²) in [4.78, 5) is 11.9. The molecule has 1 aromatic rings. The molecule has 1 amide bonds. The van der Waals surface area contributed by atoms with Crippen LogP contribution in [0.4, 0.5) is 5.69 Å². The van der Waals surface area contributed by atoms with Crippen LogP contribution in [-0.4, -0.2) is 12.5 Å². The summed E-state index contributed by atoms with van der Waals surface area (Å²) in [6.45, 7) is 6.91. The first-order valence-corrected chi connectivity index (χ1v) is 6.50. The molecule has 0 unspecified atom stereocenters. The van der Waals surface area contributed by atoms with Gasteiger partial charge in [-0.2, -0.15) is 0 Å². The van der Waals surface area contributed by atoms with Gasteiger partial charge in [0, 0.05) is 6.42 Å². The van der Waals surface area contributed by atoms with E-state index < -0.39 is 0 Å². The largest absolute Gasteiger partial charge is 0.491 e. The molecule has 0 aromatic heterocycles. The van der Waals surface area contributed by atoms with Gasteiger partial charge in [0.05, 0.1) is 12.3 Å². The molecular formula is C15H21NO2. The van der Waals surface area contributed by atoms with E-state index in [2.05, 4.69) is 32.2 Å². The average Bonchev–Trinajstić information content (AvgIpc) is 2.27. The van der Waals surface area contributed by atoms with Gasteiger partial charge in [-0.05, 0) is 29.9 Å². The highest BCUT2D eigenvalue weighted by atomic mass is 16.5. The van der Waals surface area contributed by atoms with E-state index in [0.717, 1.165) is 30.9 Å². The first-order valence-electron chi connectivity index (χ1n) is 6.50. The number of carbonyl (C=O) groups excluding carboxylic acids is 1. The highest BCUT2D eigenvalue weighted by Crippen LogP contribution is 2.33. The zero-order valence-electron chi connectivity index (χ0n) is 11.4. The van der Waals surface area contributed by atoms with E-state index >= 15 is 0 Å². The topological polar surface area (TPSA) is 38.3 Å². The van der Waals surface area contributed by atoms with Crippen molar-refractivity contribution in [3.63, 3.8) is 0 Å². The number of anilines is 1. The zero-order chi connectivity index (χ0) is 13.2. The number of ether oxygens (including phenoxy) is 1. The van der Waals surface area contributed by atoms with Crippen molar-refractivity contribution in [1.29, 1.82) is 0 Å². The van der Waals surface area contributed by atoms with Crippen LogP contribution in [0.3, 0.4) is 0 Å². The predicted octanol–water partition coefficient (Wildman–Crippen LogP) is 3.39. The maximum absolute atomic E-state index is 11.9. The second-order valence-corrected chi connectivity index (χ2v) is 6.03. The number of rotatable bonds is 2. The minimum Gasteiger partial charge on any atom is -0.491 e. The summed E-state index contributed by atoms with van der Waals surface area (Å²) >= 11 is 0. The second kappa shape index (κ2) is 5.01. The summed E-state index contributed by atoms with van der Waals surface area (Å²) in [6, 6.07) is 5.94. The summed E-state index contributed by atoms with van der Waals surface area (Å²) < 4.78 is 5.67. The molecule has 1 aliphatic heterocycles. The number of aryl methyl sites for hydroxylation is 1. The number of para-hydroxylation sites is 1. The van der Waals surface area contributed by atoms with Crippen LogP contribution in [0.15, 0.2) is 18.2 Å². The molecule has 1 aliphatic rings. The molecule has 3 heteroatoms. The number of fused-ring (bicyclic) bond motifs is 1. The summed E-state index contributed by atoms with van der Waals surface area (Å²) in [7, 11) is 0. The van der Waals surface area contributed by atoms with E-state index in [9.17, 15) is 4.79 Å². The molecule has 98 valence electrons. The van der Waals surface area contributed by atoms with E-state index in [-0.39, 0.29) is 11.3 Å². The van der Waals surface area contributed by atoms with Gasteiger partial charge in [0.25, 0.3) is 0 Å². The highest BCUT2D eigenvalue weighted by molar-refractivity contribution is 5.92. The Morgan fingerprint density at radius 2 is 2.17 bits per heavy atom. The Bertz CT molecular complexity index is 446. The third-order valence-corrected chi connectivity index (χ3v) is 2.90. The van der Waals surface area contributed by atoms with Gasteiger partial charge in [0.15, 0.2) is 0 Å². The van der Waals surface area contributed by atoms with Gasteiger partial charge in [-0.1, -0.05) is 32.9 Å². The smallest absolute Gasteiger partial charge is 0.224 e. The van der Waals surface area contributed by atoms with Crippen LogP contribution in [0.5, 0.6) is 5.75 Å². The Hall–Kier alpha value is -1.51. The summed E-state index contributed by atoms with van der Waals surface area (Å²) in [5.41, 5.74) is 2.00. The fourth-order valence-corrected chi connectivity index (χ4v) is 2.16. The van der Waals surface area contributed by atoms with Gasteiger partial charge in [0.1, 0.15) is 5.75 Å². The molecule has 1 N–H and O–H groups in total. The van der Waals surface area contributed by atoms with E-state index in [1.165, 1.54) is 5.56 Å². The fourth-order valence-electron chi connectivity index (χ4n) is 2.16. The van der Waals surface area contributed by atoms with Crippen LogP contribution >= 0.6 is 0 Å². The van der Waals surface area contributed by atoms with Crippen LogP contribution in [-0.2, 0) is 11.2 Å². The molecule has 0 saturated heterocycles. The zero-order valence-corrected chi connectivity index (χ0v) is 11.4. The molecule has 1 heterocycles. The number of carbonyl (C=O) groups is 1. The van der Waals surface area contributed by atoms with Crippen LogP contribution in [0.2, 0.25) is 0 Å². The van der Waals surface area contributed by atoms with Crippen molar-refractivity contribution in [2.45, 2.75) is 40.0 Å². The molecule has 0 radical (unpaired) electrons. The van der Waals surface area contributed by atoms with E-state index in [1.54, 1.807) is 0 Å². The molecule has 0 fully saturated rings. The lowest BCUT2D eigenvalue weighted by Gasteiger charge is -2.22. The average molecular weight is 247 g/mol. The lowest BCUT2D eigenvalue weighted by atomic mass is 9.92. The van der Waals surface area contributed by atoms with Crippen molar-refractivity contribution in [3.05, 3.63) is 23.8 Å². The van der Waals surface area contributed by atoms with Crippen molar-refractivity contribution in [2.24, 2.45) is 5.41 Å². The van der Waals surface area contributed by atoms with Gasteiger partial charge in [-0.25, -0.2) is 0 Å². The van der Waals surface area contributed by atoms with Crippen molar-refractivity contribution < 1.29 is 9.53 Å². The molecule has 0 atom stereocenters. The second-order valence-electron chi connectivity index (χ2n) is 6.03. The first-order chi connectivity index (χ1) is 8.46. The standard InChI is InChI=1S/C15H21NO2/c1-15(2,3)10-13(17)16-12-8-4-6-11-7-5-9-18-14(11)12/h4,6,8H,5,7,9-10H2,1-3H3,(H,16,17). The van der Waals surface area contributed by atoms with E-state index in [1.807, 2.05) is 12.1 Å². The van der Waals surface area contributed by atoms with E-state index in [0.29, 0.717) is 6.42 Å². The molecule has 18 heavy (non-hydrogen) atoms. The third-order valence-electron chi connectivity index (χ3n) is 2.90. The minimum atomic E-state index is -0.000216. The Morgan fingerprint density at radius 3 is 2.89 bits per heavy atom. The number of amides is 1. The Morgan fingerprint density at radius 1 is 1.39 bits per heavy atom. The van der Waals surface area contributed by atoms with Gasteiger partial charge in [-0.15, -0.1) is 0 Å². The maximum Gasteiger partial charge on any atom is 0.224 e. The normalized spacial score (nSPS) is 14.6. The summed E-state index contributed by atoms with van der Waals surface area (Å²) in [5, 5.41) is 2.96. The van der Waals surface area contributed by atoms with Crippen molar-refractivity contribution in [1.82, 2.24) is 0 Å². The molecular weight excluding hydrogens is 226 g/mol. The van der Waals surface area contributed by atoms with Gasteiger partial charge in [-0.3, -0.25) is 4.79 Å². The summed E-state index contributed by atoms with van der Waals surface area (Å²) in [6.07, 6.45) is 2.58. The molecule has 0 spiro atoms. The van der Waals surface area contributed by atoms with Crippen molar-refractivity contribution in [2.75, 3.05) is 11.9 Å². The molecule has 3 nitrogen and oxygen atoms in total. The fraction of sp³-hybridized carbons (Fsp3) is 0.533. The van der Waals surface area contributed by atoms with Crippen molar-refractivity contribution >= 4 is 11.6 Å². The third kappa shape index (κ3) is 3.25. The Balaban J connectivity index is 2.12.